The number of aryl methyl sites for hydroxylation is 1. The van der Waals surface area contributed by atoms with Gasteiger partial charge in [-0.3, -0.25) is 10.00 Å². The van der Waals surface area contributed by atoms with Gasteiger partial charge in [-0.25, -0.2) is 4.79 Å². The fraction of sp³-hybridized carbons (Fsp3) is 0.789. The first kappa shape index (κ1) is 18.2. The van der Waals surface area contributed by atoms with Crippen LogP contribution in [-0.2, 0) is 19.4 Å². The summed E-state index contributed by atoms with van der Waals surface area (Å²) in [5.41, 5.74) is 3.66. The Morgan fingerprint density at radius 1 is 1.32 bits per heavy atom. The Hall–Kier alpha value is -1.56. The molecule has 2 heterocycles. The van der Waals surface area contributed by atoms with Crippen LogP contribution >= 0.6 is 0 Å². The molecular weight excluding hydrogens is 314 g/mol. The molecule has 6 nitrogen and oxygen atoms in total. The third kappa shape index (κ3) is 4.35. The Balaban J connectivity index is 1.52. The molecule has 25 heavy (non-hydrogen) atoms. The van der Waals surface area contributed by atoms with Gasteiger partial charge in [-0.1, -0.05) is 6.42 Å². The summed E-state index contributed by atoms with van der Waals surface area (Å²) in [6.45, 7) is 6.93. The minimum atomic E-state index is 0.000906. The summed E-state index contributed by atoms with van der Waals surface area (Å²) in [5.74, 6) is 0. The molecule has 1 atom stereocenters. The lowest BCUT2D eigenvalue weighted by Crippen LogP contribution is -2.46. The average molecular weight is 348 g/mol. The van der Waals surface area contributed by atoms with Crippen LogP contribution in [0.5, 0.6) is 0 Å². The number of aromatic amines is 1. The van der Waals surface area contributed by atoms with Gasteiger partial charge in [-0.05, 0) is 64.5 Å². The van der Waals surface area contributed by atoms with E-state index in [0.29, 0.717) is 18.6 Å². The molecule has 0 saturated carbocycles. The third-order valence-electron chi connectivity index (χ3n) is 5.70. The molecule has 140 valence electrons. The van der Waals surface area contributed by atoms with Gasteiger partial charge in [-0.15, -0.1) is 0 Å². The second kappa shape index (κ2) is 8.21. The SMILES string of the molecule is CC(C)N1CCC[C@H]1CNC(=O)N(C)Cc1n[nH]c2c1CCCCC2. The van der Waals surface area contributed by atoms with E-state index in [1.807, 2.05) is 7.05 Å². The van der Waals surface area contributed by atoms with Crippen LogP contribution in [0.15, 0.2) is 0 Å². The van der Waals surface area contributed by atoms with Gasteiger partial charge in [0.25, 0.3) is 0 Å². The number of likely N-dealkylation sites (tertiary alicyclic amines) is 1. The number of aromatic nitrogens is 2. The van der Waals surface area contributed by atoms with Crippen molar-refractivity contribution in [3.8, 4) is 0 Å². The summed E-state index contributed by atoms with van der Waals surface area (Å²) in [5, 5.41) is 10.8. The molecule has 1 aliphatic carbocycles. The lowest BCUT2D eigenvalue weighted by atomic mass is 10.1. The Bertz CT molecular complexity index is 582. The average Bonchev–Trinajstić information content (AvgIpc) is 3.13. The molecule has 6 heteroatoms. The van der Waals surface area contributed by atoms with E-state index < -0.39 is 0 Å². The van der Waals surface area contributed by atoms with E-state index in [0.717, 1.165) is 31.6 Å². The fourth-order valence-electron chi connectivity index (χ4n) is 4.25. The summed E-state index contributed by atoms with van der Waals surface area (Å²) >= 11 is 0. The molecule has 0 unspecified atom stereocenters. The number of amides is 2. The number of carbonyl (C=O) groups is 1. The van der Waals surface area contributed by atoms with Gasteiger partial charge in [-0.2, -0.15) is 5.10 Å². The van der Waals surface area contributed by atoms with Crippen molar-refractivity contribution < 1.29 is 4.79 Å². The van der Waals surface area contributed by atoms with Crippen LogP contribution < -0.4 is 5.32 Å². The van der Waals surface area contributed by atoms with E-state index in [-0.39, 0.29) is 6.03 Å². The molecule has 0 aromatic carbocycles. The largest absolute Gasteiger partial charge is 0.336 e. The number of hydrogen-bond donors (Lipinski definition) is 2. The lowest BCUT2D eigenvalue weighted by molar-refractivity contribution is 0.183. The molecule has 1 aromatic heterocycles. The highest BCUT2D eigenvalue weighted by molar-refractivity contribution is 5.73. The van der Waals surface area contributed by atoms with Crippen molar-refractivity contribution in [2.24, 2.45) is 0 Å². The molecule has 0 spiro atoms. The maximum absolute atomic E-state index is 12.5. The lowest BCUT2D eigenvalue weighted by Gasteiger charge is -2.29. The van der Waals surface area contributed by atoms with E-state index in [1.165, 1.54) is 43.4 Å². The Morgan fingerprint density at radius 2 is 2.12 bits per heavy atom. The summed E-state index contributed by atoms with van der Waals surface area (Å²) in [6.07, 6.45) is 8.32. The minimum Gasteiger partial charge on any atom is -0.336 e. The van der Waals surface area contributed by atoms with Gasteiger partial charge in [0.2, 0.25) is 0 Å². The summed E-state index contributed by atoms with van der Waals surface area (Å²) < 4.78 is 0. The first-order valence-corrected chi connectivity index (χ1v) is 9.86. The van der Waals surface area contributed by atoms with E-state index in [4.69, 9.17) is 0 Å². The Labute approximate surface area is 151 Å². The summed E-state index contributed by atoms with van der Waals surface area (Å²) in [4.78, 5) is 16.8. The highest BCUT2D eigenvalue weighted by Gasteiger charge is 2.27. The second-order valence-corrected chi connectivity index (χ2v) is 7.86. The molecule has 3 rings (SSSR count). The summed E-state index contributed by atoms with van der Waals surface area (Å²) in [7, 11) is 1.86. The van der Waals surface area contributed by atoms with Crippen LogP contribution in [0.2, 0.25) is 0 Å². The Morgan fingerprint density at radius 3 is 2.92 bits per heavy atom. The van der Waals surface area contributed by atoms with Crippen LogP contribution in [0.1, 0.15) is 62.9 Å². The maximum Gasteiger partial charge on any atom is 0.317 e. The topological polar surface area (TPSA) is 64.3 Å². The van der Waals surface area contributed by atoms with Crippen LogP contribution in [0.3, 0.4) is 0 Å². The number of rotatable bonds is 5. The fourth-order valence-corrected chi connectivity index (χ4v) is 4.25. The van der Waals surface area contributed by atoms with Crippen molar-refractivity contribution in [1.29, 1.82) is 0 Å². The first-order chi connectivity index (χ1) is 12.1. The number of carbonyl (C=O) groups excluding carboxylic acids is 1. The molecule has 2 aliphatic rings. The predicted octanol–water partition coefficient (Wildman–Crippen LogP) is 2.69. The van der Waals surface area contributed by atoms with Crippen molar-refractivity contribution in [3.63, 3.8) is 0 Å². The molecule has 1 fully saturated rings. The van der Waals surface area contributed by atoms with Crippen LogP contribution in [0.25, 0.3) is 0 Å². The van der Waals surface area contributed by atoms with Crippen LogP contribution in [0, 0.1) is 0 Å². The van der Waals surface area contributed by atoms with Gasteiger partial charge in [0, 0.05) is 31.4 Å². The highest BCUT2D eigenvalue weighted by Crippen LogP contribution is 2.22. The summed E-state index contributed by atoms with van der Waals surface area (Å²) in [6, 6.07) is 1.02. The molecule has 0 radical (unpaired) electrons. The van der Waals surface area contributed by atoms with Gasteiger partial charge in [0.15, 0.2) is 0 Å². The maximum atomic E-state index is 12.5. The van der Waals surface area contributed by atoms with Gasteiger partial charge in [0.1, 0.15) is 0 Å². The zero-order valence-electron chi connectivity index (χ0n) is 16.0. The number of nitrogens with one attached hydrogen (secondary N) is 2. The quantitative estimate of drug-likeness (QED) is 0.805. The first-order valence-electron chi connectivity index (χ1n) is 9.86. The molecule has 0 bridgehead atoms. The van der Waals surface area contributed by atoms with E-state index in [9.17, 15) is 4.79 Å². The van der Waals surface area contributed by atoms with E-state index in [2.05, 4.69) is 34.3 Å². The molecule has 1 aliphatic heterocycles. The molecule has 1 saturated heterocycles. The molecular formula is C19H33N5O. The van der Waals surface area contributed by atoms with Crippen molar-refractivity contribution in [2.75, 3.05) is 20.1 Å². The molecule has 2 N–H and O–H groups in total. The van der Waals surface area contributed by atoms with Crippen molar-refractivity contribution in [3.05, 3.63) is 17.0 Å². The zero-order valence-corrected chi connectivity index (χ0v) is 16.0. The van der Waals surface area contributed by atoms with E-state index >= 15 is 0 Å². The van der Waals surface area contributed by atoms with Crippen molar-refractivity contribution in [1.82, 2.24) is 25.3 Å². The van der Waals surface area contributed by atoms with Crippen LogP contribution in [0.4, 0.5) is 4.79 Å². The second-order valence-electron chi connectivity index (χ2n) is 7.86. The standard InChI is InChI=1S/C19H33N5O/c1-14(2)24-11-7-8-15(24)12-20-19(25)23(3)13-18-16-9-5-4-6-10-17(16)21-22-18/h14-15H,4-13H2,1-3H3,(H,20,25)(H,21,22)/t15-/m0/s1. The smallest absolute Gasteiger partial charge is 0.317 e. The molecule has 2 amide bonds. The highest BCUT2D eigenvalue weighted by atomic mass is 16.2. The third-order valence-corrected chi connectivity index (χ3v) is 5.70. The van der Waals surface area contributed by atoms with Crippen LogP contribution in [-0.4, -0.2) is 58.2 Å². The molecule has 1 aromatic rings. The van der Waals surface area contributed by atoms with Gasteiger partial charge < -0.3 is 10.2 Å². The number of H-pyrrole nitrogens is 1. The number of nitrogens with zero attached hydrogens (tertiary/aromatic N) is 3. The van der Waals surface area contributed by atoms with Crippen molar-refractivity contribution in [2.45, 2.75) is 77.4 Å². The number of hydrogen-bond acceptors (Lipinski definition) is 3. The zero-order chi connectivity index (χ0) is 17.8. The Kier molecular flexibility index (Phi) is 5.99. The van der Waals surface area contributed by atoms with E-state index in [1.54, 1.807) is 4.90 Å². The van der Waals surface area contributed by atoms with Gasteiger partial charge in [0.05, 0.1) is 12.2 Å². The predicted molar refractivity (Wildman–Crippen MR) is 99.6 cm³/mol. The minimum absolute atomic E-state index is 0.000906. The normalized spacial score (nSPS) is 21.2. The number of fused-ring (bicyclic) bond motifs is 1. The number of urea groups is 1. The monoisotopic (exact) mass is 347 g/mol. The van der Waals surface area contributed by atoms with Crippen molar-refractivity contribution >= 4 is 6.03 Å². The van der Waals surface area contributed by atoms with Gasteiger partial charge >= 0.3 is 6.03 Å².